The van der Waals surface area contributed by atoms with Crippen molar-refractivity contribution in [2.75, 3.05) is 0 Å². The maximum absolute atomic E-state index is 2.26. The highest BCUT2D eigenvalue weighted by molar-refractivity contribution is 8.01. The molecule has 0 atom stereocenters. The third-order valence-electron chi connectivity index (χ3n) is 1.86. The second kappa shape index (κ2) is 3.59. The first-order valence-corrected chi connectivity index (χ1v) is 6.41. The Balaban J connectivity index is 2.44. The Hall–Kier alpha value is -0.470. The van der Waals surface area contributed by atoms with Crippen LogP contribution in [0, 0.1) is 0 Å². The van der Waals surface area contributed by atoms with Gasteiger partial charge in [0.25, 0.3) is 0 Å². The van der Waals surface area contributed by atoms with E-state index in [4.69, 9.17) is 0 Å². The maximum atomic E-state index is 2.26. The van der Waals surface area contributed by atoms with Crippen LogP contribution in [0.4, 0.5) is 0 Å². The molecule has 1 aromatic heterocycles. The zero-order valence-electron chi connectivity index (χ0n) is 8.70. The van der Waals surface area contributed by atoms with Gasteiger partial charge in [0.05, 0.1) is 0 Å². The van der Waals surface area contributed by atoms with E-state index >= 15 is 0 Å². The zero-order valence-corrected chi connectivity index (χ0v) is 10.3. The molecule has 1 heterocycles. The summed E-state index contributed by atoms with van der Waals surface area (Å²) in [7, 11) is 0. The summed E-state index contributed by atoms with van der Waals surface area (Å²) in [5, 5.41) is 3.66. The van der Waals surface area contributed by atoms with Crippen molar-refractivity contribution < 1.29 is 0 Å². The summed E-state index contributed by atoms with van der Waals surface area (Å²) in [5.41, 5.74) is 0. The molecular weight excluding hydrogens is 208 g/mol. The van der Waals surface area contributed by atoms with Crippen LogP contribution in [0.25, 0.3) is 10.1 Å². The van der Waals surface area contributed by atoms with Crippen LogP contribution in [0.2, 0.25) is 0 Å². The van der Waals surface area contributed by atoms with E-state index in [1.807, 2.05) is 23.1 Å². The third-order valence-corrected chi connectivity index (χ3v) is 4.14. The highest BCUT2D eigenvalue weighted by atomic mass is 32.2. The van der Waals surface area contributed by atoms with Crippen molar-refractivity contribution in [2.24, 2.45) is 0 Å². The lowest BCUT2D eigenvalue weighted by molar-refractivity contribution is 0.803. The minimum absolute atomic E-state index is 0.295. The van der Waals surface area contributed by atoms with Crippen molar-refractivity contribution >= 4 is 33.2 Å². The van der Waals surface area contributed by atoms with Crippen LogP contribution in [0.5, 0.6) is 0 Å². The molecule has 0 aliphatic carbocycles. The smallest absolute Gasteiger partial charge is 0.0354 e. The van der Waals surface area contributed by atoms with Crippen molar-refractivity contribution in [3.63, 3.8) is 0 Å². The van der Waals surface area contributed by atoms with Crippen molar-refractivity contribution in [3.05, 3.63) is 29.6 Å². The van der Waals surface area contributed by atoms with Gasteiger partial charge in [0.1, 0.15) is 0 Å². The Bertz CT molecular complexity index is 435. The highest BCUT2D eigenvalue weighted by Crippen LogP contribution is 2.39. The lowest BCUT2D eigenvalue weighted by Gasteiger charge is -2.16. The summed E-state index contributed by atoms with van der Waals surface area (Å²) in [4.78, 5) is 1.41. The lowest BCUT2D eigenvalue weighted by atomic mass is 10.2. The van der Waals surface area contributed by atoms with Crippen LogP contribution in [-0.2, 0) is 0 Å². The number of rotatable bonds is 1. The monoisotopic (exact) mass is 222 g/mol. The van der Waals surface area contributed by atoms with Crippen molar-refractivity contribution in [3.8, 4) is 0 Å². The molecule has 1 aromatic carbocycles. The Kier molecular flexibility index (Phi) is 2.58. The van der Waals surface area contributed by atoms with Crippen LogP contribution in [0.15, 0.2) is 34.5 Å². The quantitative estimate of drug-likeness (QED) is 0.625. The van der Waals surface area contributed by atoms with Gasteiger partial charge >= 0.3 is 0 Å². The van der Waals surface area contributed by atoms with E-state index in [0.29, 0.717) is 4.75 Å². The van der Waals surface area contributed by atoms with Gasteiger partial charge in [-0.05, 0) is 6.07 Å². The van der Waals surface area contributed by atoms with Crippen molar-refractivity contribution in [1.29, 1.82) is 0 Å². The molecule has 0 radical (unpaired) electrons. The summed E-state index contributed by atoms with van der Waals surface area (Å²) < 4.78 is 1.68. The molecule has 0 nitrogen and oxygen atoms in total. The van der Waals surface area contributed by atoms with Gasteiger partial charge in [-0.3, -0.25) is 0 Å². The molecule has 0 unspecified atom stereocenters. The molecule has 0 fully saturated rings. The zero-order chi connectivity index (χ0) is 10.2. The van der Waals surface area contributed by atoms with Gasteiger partial charge in [-0.15, -0.1) is 23.1 Å². The molecule has 0 aliphatic heterocycles. The Morgan fingerprint density at radius 3 is 2.57 bits per heavy atom. The number of hydrogen-bond acceptors (Lipinski definition) is 2. The Morgan fingerprint density at radius 2 is 1.86 bits per heavy atom. The van der Waals surface area contributed by atoms with Crippen molar-refractivity contribution in [1.82, 2.24) is 0 Å². The molecule has 0 amide bonds. The predicted molar refractivity (Wildman–Crippen MR) is 67.4 cm³/mol. The van der Waals surface area contributed by atoms with Crippen LogP contribution >= 0.6 is 23.1 Å². The summed E-state index contributed by atoms with van der Waals surface area (Å²) in [6.45, 7) is 6.76. The van der Waals surface area contributed by atoms with E-state index in [-0.39, 0.29) is 0 Å². The second-order valence-electron chi connectivity index (χ2n) is 4.31. The molecule has 14 heavy (non-hydrogen) atoms. The Labute approximate surface area is 93.3 Å². The molecule has 2 rings (SSSR count). The molecule has 0 spiro atoms. The summed E-state index contributed by atoms with van der Waals surface area (Å²) in [6.07, 6.45) is 0. The van der Waals surface area contributed by atoms with Crippen LogP contribution in [-0.4, -0.2) is 4.75 Å². The normalized spacial score (nSPS) is 12.2. The summed E-state index contributed by atoms with van der Waals surface area (Å²) in [5.74, 6) is 0. The second-order valence-corrected chi connectivity index (χ2v) is 7.09. The molecule has 2 aromatic rings. The topological polar surface area (TPSA) is 0 Å². The first-order chi connectivity index (χ1) is 6.56. The highest BCUT2D eigenvalue weighted by Gasteiger charge is 2.14. The number of thioether (sulfide) groups is 1. The number of fused-ring (bicyclic) bond motifs is 1. The van der Waals surface area contributed by atoms with Crippen LogP contribution in [0.3, 0.4) is 0 Å². The van der Waals surface area contributed by atoms with Crippen molar-refractivity contribution in [2.45, 2.75) is 30.4 Å². The fourth-order valence-corrected chi connectivity index (χ4v) is 3.53. The van der Waals surface area contributed by atoms with E-state index in [1.165, 1.54) is 15.0 Å². The van der Waals surface area contributed by atoms with E-state index < -0.39 is 0 Å². The fourth-order valence-electron chi connectivity index (χ4n) is 1.36. The molecular formula is C12H14S2. The molecule has 0 saturated heterocycles. The van der Waals surface area contributed by atoms with E-state index in [9.17, 15) is 0 Å². The molecule has 0 saturated carbocycles. The van der Waals surface area contributed by atoms with Gasteiger partial charge in [-0.25, -0.2) is 0 Å². The predicted octanol–water partition coefficient (Wildman–Crippen LogP) is 4.79. The van der Waals surface area contributed by atoms with E-state index in [1.54, 1.807) is 0 Å². The van der Waals surface area contributed by atoms with Gasteiger partial charge in [0, 0.05) is 25.1 Å². The van der Waals surface area contributed by atoms with Gasteiger partial charge < -0.3 is 0 Å². The van der Waals surface area contributed by atoms with Crippen LogP contribution in [0.1, 0.15) is 20.8 Å². The number of benzene rings is 1. The largest absolute Gasteiger partial charge is 0.143 e. The van der Waals surface area contributed by atoms with Gasteiger partial charge in [0.15, 0.2) is 0 Å². The fraction of sp³-hybridized carbons (Fsp3) is 0.333. The Morgan fingerprint density at radius 1 is 1.14 bits per heavy atom. The van der Waals surface area contributed by atoms with Gasteiger partial charge in [-0.1, -0.05) is 39.0 Å². The number of hydrogen-bond donors (Lipinski definition) is 0. The minimum atomic E-state index is 0.295. The maximum Gasteiger partial charge on any atom is 0.0354 e. The van der Waals surface area contributed by atoms with Gasteiger partial charge in [-0.2, -0.15) is 0 Å². The van der Waals surface area contributed by atoms with Crippen LogP contribution < -0.4 is 0 Å². The molecule has 2 heteroatoms. The minimum Gasteiger partial charge on any atom is -0.143 e. The van der Waals surface area contributed by atoms with E-state index in [0.717, 1.165) is 0 Å². The first-order valence-electron chi connectivity index (χ1n) is 4.71. The lowest BCUT2D eigenvalue weighted by Crippen LogP contribution is -2.05. The number of thiophene rings is 1. The molecule has 0 bridgehead atoms. The van der Waals surface area contributed by atoms with Gasteiger partial charge in [0.2, 0.25) is 0 Å². The molecule has 74 valence electrons. The van der Waals surface area contributed by atoms with E-state index in [2.05, 4.69) is 50.4 Å². The molecule has 0 N–H and O–H groups in total. The molecule has 0 aliphatic rings. The summed E-state index contributed by atoms with van der Waals surface area (Å²) >= 11 is 3.78. The average molecular weight is 222 g/mol. The standard InChI is InChI=1S/C12H14S2/c1-12(2,3)14-11-8-13-10-7-5-4-6-9(10)11/h4-8H,1-3H3. The summed E-state index contributed by atoms with van der Waals surface area (Å²) in [6, 6.07) is 8.61. The average Bonchev–Trinajstić information content (AvgIpc) is 2.47. The first kappa shape index (κ1) is 10.1. The third kappa shape index (κ3) is 2.12. The SMILES string of the molecule is CC(C)(C)Sc1csc2ccccc12.